The summed E-state index contributed by atoms with van der Waals surface area (Å²) in [6, 6.07) is 9.72. The number of halogens is 2. The number of sulfonamides is 1. The fourth-order valence-electron chi connectivity index (χ4n) is 4.12. The third-order valence-electron chi connectivity index (χ3n) is 5.73. The molecule has 8 heteroatoms. The molecule has 31 heavy (non-hydrogen) atoms. The maximum absolute atomic E-state index is 13.1. The van der Waals surface area contributed by atoms with E-state index < -0.39 is 22.0 Å². The van der Waals surface area contributed by atoms with E-state index >= 15 is 0 Å². The standard InChI is InChI=1S/C23H28Cl2N2O3S/c1-4-21(18-10-9-16-7-5-6-8-17(16)13-18)26-23(28)15(2)27(31(3,29)30)22-14-19(24)11-12-20(22)25/h9-15,21H,4-8H2,1-3H3,(H,26,28)/t15-,21-/m0/s1. The van der Waals surface area contributed by atoms with E-state index in [4.69, 9.17) is 23.2 Å². The Morgan fingerprint density at radius 1 is 1.10 bits per heavy atom. The van der Waals surface area contributed by atoms with Crippen LogP contribution >= 0.6 is 23.2 Å². The molecule has 5 nitrogen and oxygen atoms in total. The predicted octanol–water partition coefficient (Wildman–Crippen LogP) is 5.29. The van der Waals surface area contributed by atoms with Crippen molar-refractivity contribution < 1.29 is 13.2 Å². The smallest absolute Gasteiger partial charge is 0.244 e. The van der Waals surface area contributed by atoms with Crippen LogP contribution in [0.25, 0.3) is 0 Å². The lowest BCUT2D eigenvalue weighted by molar-refractivity contribution is -0.122. The van der Waals surface area contributed by atoms with Crippen molar-refractivity contribution in [3.05, 3.63) is 63.1 Å². The molecule has 0 saturated carbocycles. The molecular formula is C23H28Cl2N2O3S. The van der Waals surface area contributed by atoms with Crippen molar-refractivity contribution in [1.29, 1.82) is 0 Å². The molecule has 0 heterocycles. The molecule has 3 rings (SSSR count). The highest BCUT2D eigenvalue weighted by molar-refractivity contribution is 7.92. The number of benzene rings is 2. The number of nitrogens with one attached hydrogen (secondary N) is 1. The molecular weight excluding hydrogens is 455 g/mol. The van der Waals surface area contributed by atoms with Crippen molar-refractivity contribution in [2.24, 2.45) is 0 Å². The minimum atomic E-state index is -3.79. The van der Waals surface area contributed by atoms with E-state index in [-0.39, 0.29) is 16.8 Å². The van der Waals surface area contributed by atoms with Gasteiger partial charge in [0.2, 0.25) is 15.9 Å². The third kappa shape index (κ3) is 5.54. The molecule has 0 spiro atoms. The Labute approximate surface area is 194 Å². The van der Waals surface area contributed by atoms with Gasteiger partial charge in [-0.3, -0.25) is 9.10 Å². The molecule has 0 bridgehead atoms. The summed E-state index contributed by atoms with van der Waals surface area (Å²) >= 11 is 12.3. The Bertz CT molecular complexity index is 1070. The van der Waals surface area contributed by atoms with E-state index in [1.54, 1.807) is 13.0 Å². The fraction of sp³-hybridized carbons (Fsp3) is 0.435. The Morgan fingerprint density at radius 2 is 1.77 bits per heavy atom. The van der Waals surface area contributed by atoms with Gasteiger partial charge in [-0.15, -0.1) is 0 Å². The number of carbonyl (C=O) groups excluding carboxylic acids is 1. The van der Waals surface area contributed by atoms with Crippen LogP contribution in [-0.2, 0) is 27.7 Å². The number of hydrogen-bond acceptors (Lipinski definition) is 3. The van der Waals surface area contributed by atoms with E-state index in [1.807, 2.05) is 6.92 Å². The molecule has 0 fully saturated rings. The quantitative estimate of drug-likeness (QED) is 0.582. The van der Waals surface area contributed by atoms with Gasteiger partial charge in [-0.05, 0) is 73.9 Å². The summed E-state index contributed by atoms with van der Waals surface area (Å²) in [5.74, 6) is -0.397. The van der Waals surface area contributed by atoms with Gasteiger partial charge in [-0.2, -0.15) is 0 Å². The van der Waals surface area contributed by atoms with Crippen LogP contribution in [0.15, 0.2) is 36.4 Å². The molecule has 2 atom stereocenters. The summed E-state index contributed by atoms with van der Waals surface area (Å²) in [7, 11) is -3.79. The summed E-state index contributed by atoms with van der Waals surface area (Å²) in [5, 5.41) is 3.56. The second-order valence-corrected chi connectivity index (χ2v) is 10.7. The molecule has 1 aliphatic rings. The van der Waals surface area contributed by atoms with Crippen LogP contribution in [0, 0.1) is 0 Å². The minimum absolute atomic E-state index is 0.182. The predicted molar refractivity (Wildman–Crippen MR) is 128 cm³/mol. The van der Waals surface area contributed by atoms with Gasteiger partial charge in [-0.1, -0.05) is 48.3 Å². The molecule has 2 aromatic carbocycles. The lowest BCUT2D eigenvalue weighted by Gasteiger charge is -2.30. The minimum Gasteiger partial charge on any atom is -0.347 e. The van der Waals surface area contributed by atoms with Gasteiger partial charge in [-0.25, -0.2) is 8.42 Å². The molecule has 1 amide bonds. The average Bonchev–Trinajstić information content (AvgIpc) is 2.73. The fourth-order valence-corrected chi connectivity index (χ4v) is 5.72. The number of aryl methyl sites for hydroxylation is 2. The molecule has 1 N–H and O–H groups in total. The van der Waals surface area contributed by atoms with Crippen molar-refractivity contribution in [3.63, 3.8) is 0 Å². The van der Waals surface area contributed by atoms with Crippen molar-refractivity contribution in [3.8, 4) is 0 Å². The number of fused-ring (bicyclic) bond motifs is 1. The van der Waals surface area contributed by atoms with Crippen LogP contribution in [-0.4, -0.2) is 26.6 Å². The zero-order chi connectivity index (χ0) is 22.8. The number of amides is 1. The first-order chi connectivity index (χ1) is 14.6. The summed E-state index contributed by atoms with van der Waals surface area (Å²) in [5.41, 5.74) is 3.94. The number of rotatable bonds is 7. The van der Waals surface area contributed by atoms with Gasteiger partial charge in [0.1, 0.15) is 6.04 Å². The number of anilines is 1. The molecule has 0 aliphatic heterocycles. The first-order valence-corrected chi connectivity index (χ1v) is 13.1. The lowest BCUT2D eigenvalue weighted by atomic mass is 9.88. The van der Waals surface area contributed by atoms with Gasteiger partial charge in [0.15, 0.2) is 0 Å². The second-order valence-electron chi connectivity index (χ2n) is 8.04. The Kier molecular flexibility index (Phi) is 7.55. The first-order valence-electron chi connectivity index (χ1n) is 10.5. The number of carbonyl (C=O) groups is 1. The van der Waals surface area contributed by atoms with Gasteiger partial charge in [0, 0.05) is 5.02 Å². The van der Waals surface area contributed by atoms with E-state index in [0.717, 1.165) is 29.0 Å². The van der Waals surface area contributed by atoms with Crippen LogP contribution in [0.5, 0.6) is 0 Å². The van der Waals surface area contributed by atoms with Crippen molar-refractivity contribution in [1.82, 2.24) is 5.32 Å². The van der Waals surface area contributed by atoms with Crippen molar-refractivity contribution >= 4 is 44.8 Å². The monoisotopic (exact) mass is 482 g/mol. The number of hydrogen-bond donors (Lipinski definition) is 1. The van der Waals surface area contributed by atoms with E-state index in [2.05, 4.69) is 23.5 Å². The summed E-state index contributed by atoms with van der Waals surface area (Å²) in [6.07, 6.45) is 6.28. The van der Waals surface area contributed by atoms with E-state index in [0.29, 0.717) is 11.4 Å². The highest BCUT2D eigenvalue weighted by atomic mass is 35.5. The highest BCUT2D eigenvalue weighted by Crippen LogP contribution is 2.32. The first kappa shape index (κ1) is 23.9. The van der Waals surface area contributed by atoms with Gasteiger partial charge < -0.3 is 5.32 Å². The van der Waals surface area contributed by atoms with Crippen molar-refractivity contribution in [2.45, 2.75) is 58.0 Å². The SMILES string of the molecule is CC[C@H](NC(=O)[C@H](C)N(c1cc(Cl)ccc1Cl)S(C)(=O)=O)c1ccc2c(c1)CCCC2. The van der Waals surface area contributed by atoms with Gasteiger partial charge in [0.25, 0.3) is 0 Å². The molecule has 0 unspecified atom stereocenters. The van der Waals surface area contributed by atoms with Crippen LogP contribution in [0.2, 0.25) is 10.0 Å². The molecule has 0 aromatic heterocycles. The second kappa shape index (κ2) is 9.80. The highest BCUT2D eigenvalue weighted by Gasteiger charge is 2.32. The van der Waals surface area contributed by atoms with Gasteiger partial charge in [0.05, 0.1) is 23.0 Å². The Hall–Kier alpha value is -1.76. The molecule has 0 radical (unpaired) electrons. The Morgan fingerprint density at radius 3 is 2.42 bits per heavy atom. The van der Waals surface area contributed by atoms with Crippen molar-refractivity contribution in [2.75, 3.05) is 10.6 Å². The van der Waals surface area contributed by atoms with Crippen LogP contribution in [0.1, 0.15) is 55.8 Å². The topological polar surface area (TPSA) is 66.5 Å². The van der Waals surface area contributed by atoms with Crippen LogP contribution in [0.3, 0.4) is 0 Å². The maximum atomic E-state index is 13.1. The van der Waals surface area contributed by atoms with E-state index in [1.165, 1.54) is 36.1 Å². The van der Waals surface area contributed by atoms with Crippen LogP contribution < -0.4 is 9.62 Å². The summed E-state index contributed by atoms with van der Waals surface area (Å²) in [4.78, 5) is 13.1. The summed E-state index contributed by atoms with van der Waals surface area (Å²) < 4.78 is 26.2. The molecule has 168 valence electrons. The third-order valence-corrected chi connectivity index (χ3v) is 7.52. The lowest BCUT2D eigenvalue weighted by Crippen LogP contribution is -2.48. The zero-order valence-corrected chi connectivity index (χ0v) is 20.3. The largest absolute Gasteiger partial charge is 0.347 e. The normalized spacial score (nSPS) is 15.6. The summed E-state index contributed by atoms with van der Waals surface area (Å²) in [6.45, 7) is 3.55. The molecule has 1 aliphatic carbocycles. The maximum Gasteiger partial charge on any atom is 0.244 e. The zero-order valence-electron chi connectivity index (χ0n) is 18.0. The van der Waals surface area contributed by atoms with Crippen LogP contribution in [0.4, 0.5) is 5.69 Å². The Balaban J connectivity index is 1.86. The van der Waals surface area contributed by atoms with E-state index in [9.17, 15) is 13.2 Å². The molecule has 2 aromatic rings. The number of nitrogens with zero attached hydrogens (tertiary/aromatic N) is 1. The average molecular weight is 483 g/mol. The van der Waals surface area contributed by atoms with Gasteiger partial charge >= 0.3 is 0 Å². The molecule has 0 saturated heterocycles.